The van der Waals surface area contributed by atoms with Gasteiger partial charge in [0.2, 0.25) is 0 Å². The van der Waals surface area contributed by atoms with Crippen LogP contribution in [-0.2, 0) is 0 Å². The van der Waals surface area contributed by atoms with E-state index in [9.17, 15) is 4.39 Å². The minimum absolute atomic E-state index is 0.187. The normalized spacial score (nSPS) is 12.4. The second kappa shape index (κ2) is 6.67. The Morgan fingerprint density at radius 2 is 1.95 bits per heavy atom. The van der Waals surface area contributed by atoms with Gasteiger partial charge in [-0.25, -0.2) is 4.39 Å². The molecule has 2 aromatic rings. The maximum Gasteiger partial charge on any atom is 0.123 e. The van der Waals surface area contributed by atoms with Crippen molar-refractivity contribution in [2.45, 2.75) is 33.2 Å². The summed E-state index contributed by atoms with van der Waals surface area (Å²) in [4.78, 5) is 0. The molecule has 0 saturated carbocycles. The van der Waals surface area contributed by atoms with Crippen molar-refractivity contribution >= 4 is 0 Å². The zero-order chi connectivity index (χ0) is 14.5. The van der Waals surface area contributed by atoms with E-state index in [0.717, 1.165) is 29.7 Å². The molecule has 0 aromatic heterocycles. The number of halogens is 1. The average Bonchev–Trinajstić information content (AvgIpc) is 2.47. The van der Waals surface area contributed by atoms with Gasteiger partial charge < -0.3 is 5.32 Å². The summed E-state index contributed by atoms with van der Waals surface area (Å²) in [6.45, 7) is 7.34. The lowest BCUT2D eigenvalue weighted by molar-refractivity contribution is 0.571. The SMILES string of the molecule is CCCNC(C)c1cccc(-c2cc(F)ccc2C)c1. The lowest BCUT2D eigenvalue weighted by Crippen LogP contribution is -2.19. The van der Waals surface area contributed by atoms with Gasteiger partial charge in [0.05, 0.1) is 0 Å². The van der Waals surface area contributed by atoms with Crippen LogP contribution in [0.2, 0.25) is 0 Å². The zero-order valence-corrected chi connectivity index (χ0v) is 12.4. The quantitative estimate of drug-likeness (QED) is 0.818. The highest BCUT2D eigenvalue weighted by molar-refractivity contribution is 5.67. The maximum atomic E-state index is 13.4. The van der Waals surface area contributed by atoms with E-state index >= 15 is 0 Å². The molecule has 0 spiro atoms. The molecule has 1 unspecified atom stereocenters. The van der Waals surface area contributed by atoms with Crippen LogP contribution in [0, 0.1) is 12.7 Å². The van der Waals surface area contributed by atoms with E-state index in [1.54, 1.807) is 6.07 Å². The number of aryl methyl sites for hydroxylation is 1. The van der Waals surface area contributed by atoms with E-state index in [2.05, 4.69) is 31.3 Å². The molecule has 106 valence electrons. The van der Waals surface area contributed by atoms with Gasteiger partial charge in [-0.3, -0.25) is 0 Å². The fourth-order valence-corrected chi connectivity index (χ4v) is 2.36. The number of hydrogen-bond acceptors (Lipinski definition) is 1. The predicted molar refractivity (Wildman–Crippen MR) is 83.3 cm³/mol. The minimum atomic E-state index is -0.187. The minimum Gasteiger partial charge on any atom is -0.310 e. The smallest absolute Gasteiger partial charge is 0.123 e. The van der Waals surface area contributed by atoms with Crippen molar-refractivity contribution < 1.29 is 4.39 Å². The summed E-state index contributed by atoms with van der Waals surface area (Å²) in [5, 5.41) is 3.48. The molecule has 1 N–H and O–H groups in total. The third-order valence-electron chi connectivity index (χ3n) is 3.60. The Hall–Kier alpha value is -1.67. The van der Waals surface area contributed by atoms with Crippen LogP contribution in [0.3, 0.4) is 0 Å². The molecule has 1 atom stereocenters. The summed E-state index contributed by atoms with van der Waals surface area (Å²) in [5.74, 6) is -0.187. The highest BCUT2D eigenvalue weighted by atomic mass is 19.1. The van der Waals surface area contributed by atoms with E-state index in [4.69, 9.17) is 0 Å². The largest absolute Gasteiger partial charge is 0.310 e. The Morgan fingerprint density at radius 1 is 1.15 bits per heavy atom. The first kappa shape index (κ1) is 14.7. The van der Waals surface area contributed by atoms with Gasteiger partial charge in [-0.1, -0.05) is 31.2 Å². The molecule has 0 bridgehead atoms. The number of hydrogen-bond donors (Lipinski definition) is 1. The molecule has 0 radical (unpaired) electrons. The Labute approximate surface area is 120 Å². The molecule has 0 aliphatic heterocycles. The topological polar surface area (TPSA) is 12.0 Å². The highest BCUT2D eigenvalue weighted by Crippen LogP contribution is 2.26. The Morgan fingerprint density at radius 3 is 2.70 bits per heavy atom. The van der Waals surface area contributed by atoms with Crippen LogP contribution in [0.5, 0.6) is 0 Å². The van der Waals surface area contributed by atoms with Crippen LogP contribution >= 0.6 is 0 Å². The number of nitrogens with one attached hydrogen (secondary N) is 1. The lowest BCUT2D eigenvalue weighted by atomic mass is 9.97. The highest BCUT2D eigenvalue weighted by Gasteiger charge is 2.08. The van der Waals surface area contributed by atoms with Crippen molar-refractivity contribution in [2.75, 3.05) is 6.54 Å². The van der Waals surface area contributed by atoms with Gasteiger partial charge >= 0.3 is 0 Å². The van der Waals surface area contributed by atoms with E-state index in [1.807, 2.05) is 25.1 Å². The maximum absolute atomic E-state index is 13.4. The second-order valence-electron chi connectivity index (χ2n) is 5.26. The van der Waals surface area contributed by atoms with Crippen molar-refractivity contribution in [3.8, 4) is 11.1 Å². The van der Waals surface area contributed by atoms with Crippen molar-refractivity contribution in [1.29, 1.82) is 0 Å². The van der Waals surface area contributed by atoms with Crippen LogP contribution in [0.15, 0.2) is 42.5 Å². The van der Waals surface area contributed by atoms with Crippen molar-refractivity contribution in [1.82, 2.24) is 5.32 Å². The lowest BCUT2D eigenvalue weighted by Gasteiger charge is -2.15. The Kier molecular flexibility index (Phi) is 4.91. The molecule has 0 heterocycles. The summed E-state index contributed by atoms with van der Waals surface area (Å²) in [6, 6.07) is 13.6. The third-order valence-corrected chi connectivity index (χ3v) is 3.60. The molecule has 0 amide bonds. The zero-order valence-electron chi connectivity index (χ0n) is 12.4. The number of benzene rings is 2. The molecule has 0 aliphatic carbocycles. The fourth-order valence-electron chi connectivity index (χ4n) is 2.36. The Balaban J connectivity index is 2.31. The standard InChI is InChI=1S/C18H22FN/c1-4-10-20-14(3)15-6-5-7-16(11-15)18-12-17(19)9-8-13(18)2/h5-9,11-12,14,20H,4,10H2,1-3H3. The first-order valence-corrected chi connectivity index (χ1v) is 7.21. The Bertz CT molecular complexity index is 577. The predicted octanol–water partition coefficient (Wildman–Crippen LogP) is 4.86. The van der Waals surface area contributed by atoms with Gasteiger partial charge in [0.15, 0.2) is 0 Å². The van der Waals surface area contributed by atoms with E-state index in [0.29, 0.717) is 6.04 Å². The van der Waals surface area contributed by atoms with Crippen LogP contribution in [0.4, 0.5) is 4.39 Å². The molecule has 0 aliphatic rings. The summed E-state index contributed by atoms with van der Waals surface area (Å²) < 4.78 is 13.4. The molecular formula is C18H22FN. The summed E-state index contributed by atoms with van der Waals surface area (Å²) in [5.41, 5.74) is 4.37. The monoisotopic (exact) mass is 271 g/mol. The average molecular weight is 271 g/mol. The van der Waals surface area contributed by atoms with Crippen LogP contribution in [0.25, 0.3) is 11.1 Å². The van der Waals surface area contributed by atoms with Gasteiger partial charge in [0.1, 0.15) is 5.82 Å². The fraction of sp³-hybridized carbons (Fsp3) is 0.333. The van der Waals surface area contributed by atoms with Crippen molar-refractivity contribution in [3.05, 3.63) is 59.4 Å². The van der Waals surface area contributed by atoms with Crippen LogP contribution in [-0.4, -0.2) is 6.54 Å². The van der Waals surface area contributed by atoms with Gasteiger partial charge in [-0.15, -0.1) is 0 Å². The molecule has 1 nitrogen and oxygen atoms in total. The molecule has 2 rings (SSSR count). The van der Waals surface area contributed by atoms with Gasteiger partial charge in [-0.2, -0.15) is 0 Å². The molecule has 0 saturated heterocycles. The summed E-state index contributed by atoms with van der Waals surface area (Å²) >= 11 is 0. The number of rotatable bonds is 5. The van der Waals surface area contributed by atoms with Crippen molar-refractivity contribution in [2.24, 2.45) is 0 Å². The van der Waals surface area contributed by atoms with Crippen LogP contribution < -0.4 is 5.32 Å². The molecule has 2 heteroatoms. The second-order valence-corrected chi connectivity index (χ2v) is 5.26. The van der Waals surface area contributed by atoms with E-state index < -0.39 is 0 Å². The summed E-state index contributed by atoms with van der Waals surface area (Å²) in [7, 11) is 0. The van der Waals surface area contributed by atoms with Crippen molar-refractivity contribution in [3.63, 3.8) is 0 Å². The molecule has 2 aromatic carbocycles. The third kappa shape index (κ3) is 3.45. The molecular weight excluding hydrogens is 249 g/mol. The van der Waals surface area contributed by atoms with Crippen LogP contribution in [0.1, 0.15) is 37.4 Å². The van der Waals surface area contributed by atoms with E-state index in [-0.39, 0.29) is 5.82 Å². The molecule has 0 fully saturated rings. The first-order chi connectivity index (χ1) is 9.61. The van der Waals surface area contributed by atoms with Gasteiger partial charge in [0, 0.05) is 6.04 Å². The summed E-state index contributed by atoms with van der Waals surface area (Å²) in [6.07, 6.45) is 1.12. The van der Waals surface area contributed by atoms with Gasteiger partial charge in [-0.05, 0) is 67.3 Å². The molecule has 20 heavy (non-hydrogen) atoms. The first-order valence-electron chi connectivity index (χ1n) is 7.21. The van der Waals surface area contributed by atoms with Gasteiger partial charge in [0.25, 0.3) is 0 Å². The van der Waals surface area contributed by atoms with E-state index in [1.165, 1.54) is 11.6 Å².